The molecule has 1 aliphatic carbocycles. The van der Waals surface area contributed by atoms with Gasteiger partial charge in [0.25, 0.3) is 0 Å². The zero-order valence-corrected chi connectivity index (χ0v) is 10.4. The molecule has 0 radical (unpaired) electrons. The fourth-order valence-corrected chi connectivity index (χ4v) is 2.46. The topological polar surface area (TPSA) is 38.0 Å². The predicted octanol–water partition coefficient (Wildman–Crippen LogP) is 2.76. The minimum atomic E-state index is 0.326. The second-order valence-corrected chi connectivity index (χ2v) is 5.17. The van der Waals surface area contributed by atoms with Gasteiger partial charge in [-0.2, -0.15) is 0 Å². The van der Waals surface area contributed by atoms with E-state index in [1.807, 2.05) is 18.2 Å². The second kappa shape index (κ2) is 5.17. The number of benzene rings is 1. The minimum absolute atomic E-state index is 0.326. The molecule has 2 unspecified atom stereocenters. The number of hydrogen-bond donors (Lipinski definition) is 2. The summed E-state index contributed by atoms with van der Waals surface area (Å²) in [7, 11) is 0. The van der Waals surface area contributed by atoms with Gasteiger partial charge in [0, 0.05) is 11.1 Å². The van der Waals surface area contributed by atoms with Crippen LogP contribution in [0.3, 0.4) is 0 Å². The van der Waals surface area contributed by atoms with Crippen molar-refractivity contribution in [2.45, 2.75) is 32.2 Å². The van der Waals surface area contributed by atoms with Crippen LogP contribution in [-0.2, 0) is 6.42 Å². The molecule has 2 rings (SSSR count). The van der Waals surface area contributed by atoms with E-state index in [9.17, 15) is 0 Å². The largest absolute Gasteiger partial charge is 0.271 e. The standard InChI is InChI=1S/C13H19ClN2/c1-9(10-6-7-10)13(16-15)8-11-4-2-3-5-12(11)14/h2-5,9-10,13,16H,6-8,15H2,1H3. The lowest BCUT2D eigenvalue weighted by Crippen LogP contribution is -2.42. The number of halogens is 1. The number of nitrogens with one attached hydrogen (secondary N) is 1. The average Bonchev–Trinajstić information content (AvgIpc) is 3.11. The Kier molecular flexibility index (Phi) is 3.85. The van der Waals surface area contributed by atoms with Crippen LogP contribution in [-0.4, -0.2) is 6.04 Å². The molecule has 2 atom stereocenters. The van der Waals surface area contributed by atoms with Crippen molar-refractivity contribution in [1.29, 1.82) is 0 Å². The number of nitrogens with two attached hydrogens (primary N) is 1. The van der Waals surface area contributed by atoms with E-state index in [2.05, 4.69) is 18.4 Å². The molecule has 1 fully saturated rings. The third kappa shape index (κ3) is 2.76. The maximum Gasteiger partial charge on any atom is 0.0438 e. The van der Waals surface area contributed by atoms with E-state index in [0.29, 0.717) is 12.0 Å². The first kappa shape index (κ1) is 11.9. The van der Waals surface area contributed by atoms with E-state index in [1.165, 1.54) is 18.4 Å². The summed E-state index contributed by atoms with van der Waals surface area (Å²) in [6.45, 7) is 2.28. The van der Waals surface area contributed by atoms with E-state index in [-0.39, 0.29) is 0 Å². The van der Waals surface area contributed by atoms with Crippen LogP contribution in [0, 0.1) is 11.8 Å². The average molecular weight is 239 g/mol. The van der Waals surface area contributed by atoms with E-state index >= 15 is 0 Å². The first-order valence-corrected chi connectivity index (χ1v) is 6.29. The minimum Gasteiger partial charge on any atom is -0.271 e. The van der Waals surface area contributed by atoms with Crippen LogP contribution in [0.4, 0.5) is 0 Å². The van der Waals surface area contributed by atoms with Gasteiger partial charge >= 0.3 is 0 Å². The third-order valence-electron chi connectivity index (χ3n) is 3.61. The molecule has 0 amide bonds. The molecule has 0 aromatic heterocycles. The monoisotopic (exact) mass is 238 g/mol. The maximum absolute atomic E-state index is 6.16. The lowest BCUT2D eigenvalue weighted by Gasteiger charge is -2.23. The first-order valence-electron chi connectivity index (χ1n) is 5.92. The van der Waals surface area contributed by atoms with Gasteiger partial charge in [-0.05, 0) is 42.7 Å². The third-order valence-corrected chi connectivity index (χ3v) is 3.98. The molecule has 0 bridgehead atoms. The Labute approximate surface area is 102 Å². The summed E-state index contributed by atoms with van der Waals surface area (Å²) in [5, 5.41) is 0.839. The number of hydrazine groups is 1. The first-order chi connectivity index (χ1) is 7.72. The van der Waals surface area contributed by atoms with Crippen molar-refractivity contribution in [2.75, 3.05) is 0 Å². The molecule has 0 aliphatic heterocycles. The fraction of sp³-hybridized carbons (Fsp3) is 0.538. The molecule has 0 heterocycles. The highest BCUT2D eigenvalue weighted by atomic mass is 35.5. The molecular weight excluding hydrogens is 220 g/mol. The van der Waals surface area contributed by atoms with Crippen LogP contribution in [0.5, 0.6) is 0 Å². The summed E-state index contributed by atoms with van der Waals surface area (Å²) < 4.78 is 0. The number of rotatable bonds is 5. The van der Waals surface area contributed by atoms with Gasteiger partial charge < -0.3 is 0 Å². The van der Waals surface area contributed by atoms with E-state index in [4.69, 9.17) is 17.4 Å². The van der Waals surface area contributed by atoms with E-state index in [1.54, 1.807) is 0 Å². The molecule has 3 heteroatoms. The molecule has 0 spiro atoms. The highest BCUT2D eigenvalue weighted by Crippen LogP contribution is 2.38. The highest BCUT2D eigenvalue weighted by molar-refractivity contribution is 6.31. The van der Waals surface area contributed by atoms with E-state index < -0.39 is 0 Å². The Morgan fingerprint density at radius 2 is 2.12 bits per heavy atom. The summed E-state index contributed by atoms with van der Waals surface area (Å²) in [4.78, 5) is 0. The summed E-state index contributed by atoms with van der Waals surface area (Å²) in [5.41, 5.74) is 4.12. The Morgan fingerprint density at radius 3 is 2.69 bits per heavy atom. The van der Waals surface area contributed by atoms with Crippen LogP contribution in [0.1, 0.15) is 25.3 Å². The van der Waals surface area contributed by atoms with Crippen LogP contribution in [0.25, 0.3) is 0 Å². The molecule has 1 aliphatic rings. The Balaban J connectivity index is 2.03. The summed E-state index contributed by atoms with van der Waals surface area (Å²) in [5.74, 6) is 7.12. The van der Waals surface area contributed by atoms with Gasteiger partial charge in [0.1, 0.15) is 0 Å². The Morgan fingerprint density at radius 1 is 1.44 bits per heavy atom. The van der Waals surface area contributed by atoms with Crippen molar-refractivity contribution in [1.82, 2.24) is 5.43 Å². The SMILES string of the molecule is CC(C1CC1)C(Cc1ccccc1Cl)NN. The molecular formula is C13H19ClN2. The van der Waals surface area contributed by atoms with Crippen molar-refractivity contribution < 1.29 is 0 Å². The molecule has 88 valence electrons. The summed E-state index contributed by atoms with van der Waals surface area (Å²) >= 11 is 6.16. The fourth-order valence-electron chi connectivity index (χ4n) is 2.25. The smallest absolute Gasteiger partial charge is 0.0438 e. The van der Waals surface area contributed by atoms with Gasteiger partial charge in [-0.3, -0.25) is 11.3 Å². The normalized spacial score (nSPS) is 19.4. The van der Waals surface area contributed by atoms with Gasteiger partial charge in [0.05, 0.1) is 0 Å². The predicted molar refractivity (Wildman–Crippen MR) is 68.2 cm³/mol. The molecule has 2 nitrogen and oxygen atoms in total. The van der Waals surface area contributed by atoms with Crippen molar-refractivity contribution >= 4 is 11.6 Å². The lowest BCUT2D eigenvalue weighted by atomic mass is 9.92. The van der Waals surface area contributed by atoms with Crippen molar-refractivity contribution in [3.05, 3.63) is 34.9 Å². The number of hydrogen-bond acceptors (Lipinski definition) is 2. The van der Waals surface area contributed by atoms with Crippen LogP contribution in [0.15, 0.2) is 24.3 Å². The van der Waals surface area contributed by atoms with Gasteiger partial charge in [-0.1, -0.05) is 36.7 Å². The van der Waals surface area contributed by atoms with Crippen molar-refractivity contribution in [3.8, 4) is 0 Å². The highest BCUT2D eigenvalue weighted by Gasteiger charge is 2.32. The molecule has 1 aromatic rings. The van der Waals surface area contributed by atoms with Crippen LogP contribution in [0.2, 0.25) is 5.02 Å². The summed E-state index contributed by atoms with van der Waals surface area (Å²) in [6, 6.07) is 8.32. The van der Waals surface area contributed by atoms with Gasteiger partial charge in [0.2, 0.25) is 0 Å². The molecule has 1 saturated carbocycles. The zero-order chi connectivity index (χ0) is 11.5. The van der Waals surface area contributed by atoms with Crippen molar-refractivity contribution in [3.63, 3.8) is 0 Å². The van der Waals surface area contributed by atoms with Gasteiger partial charge in [0.15, 0.2) is 0 Å². The second-order valence-electron chi connectivity index (χ2n) is 4.77. The van der Waals surface area contributed by atoms with Gasteiger partial charge in [-0.25, -0.2) is 0 Å². The lowest BCUT2D eigenvalue weighted by molar-refractivity contribution is 0.343. The maximum atomic E-state index is 6.16. The Bertz CT molecular complexity index is 350. The molecule has 16 heavy (non-hydrogen) atoms. The molecule has 3 N–H and O–H groups in total. The Hall–Kier alpha value is -0.570. The van der Waals surface area contributed by atoms with E-state index in [0.717, 1.165) is 17.4 Å². The van der Waals surface area contributed by atoms with Crippen molar-refractivity contribution in [2.24, 2.45) is 17.7 Å². The van der Waals surface area contributed by atoms with Gasteiger partial charge in [-0.15, -0.1) is 0 Å². The molecule has 1 aromatic carbocycles. The quantitative estimate of drug-likeness (QED) is 0.612. The van der Waals surface area contributed by atoms with Crippen LogP contribution >= 0.6 is 11.6 Å². The van der Waals surface area contributed by atoms with Crippen LogP contribution < -0.4 is 11.3 Å². The zero-order valence-electron chi connectivity index (χ0n) is 9.62. The summed E-state index contributed by atoms with van der Waals surface area (Å²) in [6.07, 6.45) is 3.61. The molecule has 0 saturated heterocycles.